The Bertz CT molecular complexity index is 367. The highest BCUT2D eigenvalue weighted by atomic mass is 35.5. The maximum Gasteiger partial charge on any atom is 0.312 e. The van der Waals surface area contributed by atoms with Gasteiger partial charge < -0.3 is 9.84 Å². The van der Waals surface area contributed by atoms with Crippen LogP contribution in [0.4, 0.5) is 5.69 Å². The molecule has 0 amide bonds. The molecule has 5 nitrogen and oxygen atoms in total. The van der Waals surface area contributed by atoms with Gasteiger partial charge >= 0.3 is 5.69 Å². The summed E-state index contributed by atoms with van der Waals surface area (Å²) in [7, 11) is 0. The van der Waals surface area contributed by atoms with Crippen LogP contribution in [0.25, 0.3) is 0 Å². The number of ether oxygens (including phenoxy) is 1. The quantitative estimate of drug-likeness (QED) is 0.623. The van der Waals surface area contributed by atoms with Gasteiger partial charge in [-0.3, -0.25) is 10.1 Å². The second-order valence-electron chi connectivity index (χ2n) is 2.46. The third-order valence-electron chi connectivity index (χ3n) is 1.52. The number of nitrogens with zero attached hydrogens (tertiary/aromatic N) is 1. The van der Waals surface area contributed by atoms with Crippen molar-refractivity contribution >= 4 is 17.3 Å². The molecule has 14 heavy (non-hydrogen) atoms. The fourth-order valence-electron chi connectivity index (χ4n) is 0.946. The van der Waals surface area contributed by atoms with Crippen LogP contribution in [0, 0.1) is 10.1 Å². The number of phenols is 1. The molecule has 0 fully saturated rings. The number of nitro groups is 1. The van der Waals surface area contributed by atoms with Crippen molar-refractivity contribution in [3.8, 4) is 11.5 Å². The minimum atomic E-state index is -0.615. The summed E-state index contributed by atoms with van der Waals surface area (Å²) in [6.45, 7) is 1.97. The SMILES string of the molecule is CCOc1cc(O)c(Cl)cc1[N+](=O)[O-]. The zero-order valence-electron chi connectivity index (χ0n) is 7.36. The number of hydrogen-bond acceptors (Lipinski definition) is 4. The van der Waals surface area contributed by atoms with Gasteiger partial charge in [-0.05, 0) is 6.92 Å². The number of aromatic hydroxyl groups is 1. The van der Waals surface area contributed by atoms with Crippen LogP contribution in [0.3, 0.4) is 0 Å². The van der Waals surface area contributed by atoms with Crippen molar-refractivity contribution < 1.29 is 14.8 Å². The Balaban J connectivity index is 3.24. The van der Waals surface area contributed by atoms with Crippen LogP contribution in [0.1, 0.15) is 6.92 Å². The highest BCUT2D eigenvalue weighted by Crippen LogP contribution is 2.36. The van der Waals surface area contributed by atoms with Crippen molar-refractivity contribution in [2.24, 2.45) is 0 Å². The minimum absolute atomic E-state index is 0.0133. The molecule has 1 aromatic rings. The Morgan fingerprint density at radius 3 is 2.79 bits per heavy atom. The normalized spacial score (nSPS) is 9.86. The molecule has 0 saturated carbocycles. The number of rotatable bonds is 3. The third-order valence-corrected chi connectivity index (χ3v) is 1.83. The van der Waals surface area contributed by atoms with Crippen molar-refractivity contribution in [3.05, 3.63) is 27.3 Å². The van der Waals surface area contributed by atoms with Crippen LogP contribution in [-0.4, -0.2) is 16.6 Å². The van der Waals surface area contributed by atoms with Gasteiger partial charge in [-0.25, -0.2) is 0 Å². The molecule has 0 heterocycles. The number of phenolic OH excluding ortho intramolecular Hbond substituents is 1. The van der Waals surface area contributed by atoms with Gasteiger partial charge in [-0.15, -0.1) is 0 Å². The highest BCUT2D eigenvalue weighted by molar-refractivity contribution is 6.32. The largest absolute Gasteiger partial charge is 0.506 e. The summed E-state index contributed by atoms with van der Waals surface area (Å²) >= 11 is 5.52. The first-order valence-electron chi connectivity index (χ1n) is 3.86. The van der Waals surface area contributed by atoms with Gasteiger partial charge in [0.25, 0.3) is 0 Å². The number of halogens is 1. The summed E-state index contributed by atoms with van der Waals surface area (Å²) < 4.78 is 4.97. The molecule has 0 saturated heterocycles. The number of benzene rings is 1. The van der Waals surface area contributed by atoms with E-state index in [1.54, 1.807) is 6.92 Å². The molecule has 1 aromatic carbocycles. The maximum absolute atomic E-state index is 10.5. The van der Waals surface area contributed by atoms with Crippen molar-refractivity contribution in [2.75, 3.05) is 6.61 Å². The molecule has 1 N–H and O–H groups in total. The fraction of sp³-hybridized carbons (Fsp3) is 0.250. The van der Waals surface area contributed by atoms with Gasteiger partial charge in [0.05, 0.1) is 16.6 Å². The van der Waals surface area contributed by atoms with E-state index in [-0.39, 0.29) is 28.8 Å². The summed E-state index contributed by atoms with van der Waals surface area (Å²) in [4.78, 5) is 9.93. The lowest BCUT2D eigenvalue weighted by Gasteiger charge is -2.05. The lowest BCUT2D eigenvalue weighted by atomic mass is 10.3. The van der Waals surface area contributed by atoms with E-state index in [4.69, 9.17) is 16.3 Å². The molecule has 0 aromatic heterocycles. The average molecular weight is 218 g/mol. The number of hydrogen-bond donors (Lipinski definition) is 1. The van der Waals surface area contributed by atoms with Crippen LogP contribution in [0.5, 0.6) is 11.5 Å². The summed E-state index contributed by atoms with van der Waals surface area (Å²) in [5, 5.41) is 19.7. The van der Waals surface area contributed by atoms with Gasteiger partial charge in [0, 0.05) is 12.1 Å². The minimum Gasteiger partial charge on any atom is -0.506 e. The number of nitro benzene ring substituents is 1. The third kappa shape index (κ3) is 2.05. The topological polar surface area (TPSA) is 72.6 Å². The van der Waals surface area contributed by atoms with Crippen LogP contribution >= 0.6 is 11.6 Å². The van der Waals surface area contributed by atoms with Crippen molar-refractivity contribution in [3.63, 3.8) is 0 Å². The predicted octanol–water partition coefficient (Wildman–Crippen LogP) is 2.35. The van der Waals surface area contributed by atoms with Crippen molar-refractivity contribution in [1.29, 1.82) is 0 Å². The van der Waals surface area contributed by atoms with Gasteiger partial charge in [-0.1, -0.05) is 11.6 Å². The molecule has 6 heteroatoms. The van der Waals surface area contributed by atoms with E-state index in [0.29, 0.717) is 0 Å². The molecule has 1 rings (SSSR count). The van der Waals surface area contributed by atoms with Crippen LogP contribution in [-0.2, 0) is 0 Å². The van der Waals surface area contributed by atoms with Crippen LogP contribution < -0.4 is 4.74 Å². The Kier molecular flexibility index (Phi) is 3.14. The van der Waals surface area contributed by atoms with Gasteiger partial charge in [-0.2, -0.15) is 0 Å². The first-order chi connectivity index (χ1) is 6.56. The smallest absolute Gasteiger partial charge is 0.312 e. The highest BCUT2D eigenvalue weighted by Gasteiger charge is 2.18. The average Bonchev–Trinajstić information content (AvgIpc) is 2.11. The molecule has 0 atom stereocenters. The van der Waals surface area contributed by atoms with E-state index >= 15 is 0 Å². The van der Waals surface area contributed by atoms with Crippen molar-refractivity contribution in [1.82, 2.24) is 0 Å². The van der Waals surface area contributed by atoms with Crippen LogP contribution in [0.15, 0.2) is 12.1 Å². The molecular formula is C8H8ClNO4. The van der Waals surface area contributed by atoms with Gasteiger partial charge in [0.1, 0.15) is 5.75 Å². The Morgan fingerprint density at radius 2 is 2.29 bits per heavy atom. The fourth-order valence-corrected chi connectivity index (χ4v) is 1.10. The summed E-state index contributed by atoms with van der Waals surface area (Å²) in [6, 6.07) is 2.19. The summed E-state index contributed by atoms with van der Waals surface area (Å²) in [6.07, 6.45) is 0. The second kappa shape index (κ2) is 4.15. The lowest BCUT2D eigenvalue weighted by molar-refractivity contribution is -0.385. The zero-order chi connectivity index (χ0) is 10.7. The van der Waals surface area contributed by atoms with E-state index in [1.807, 2.05) is 0 Å². The van der Waals surface area contributed by atoms with E-state index < -0.39 is 4.92 Å². The van der Waals surface area contributed by atoms with Gasteiger partial charge in [0.2, 0.25) is 5.75 Å². The molecule has 0 radical (unpaired) electrons. The molecule has 0 aliphatic heterocycles. The van der Waals surface area contributed by atoms with E-state index in [0.717, 1.165) is 12.1 Å². The molecule has 0 aliphatic carbocycles. The lowest BCUT2D eigenvalue weighted by Crippen LogP contribution is -1.97. The second-order valence-corrected chi connectivity index (χ2v) is 2.87. The van der Waals surface area contributed by atoms with Gasteiger partial charge in [0.15, 0.2) is 0 Å². The Labute approximate surface area is 85.0 Å². The van der Waals surface area contributed by atoms with Crippen LogP contribution in [0.2, 0.25) is 5.02 Å². The molecule has 0 unspecified atom stereocenters. The first kappa shape index (κ1) is 10.6. The van der Waals surface area contributed by atoms with E-state index in [9.17, 15) is 15.2 Å². The Morgan fingerprint density at radius 1 is 1.64 bits per heavy atom. The van der Waals surface area contributed by atoms with E-state index in [1.165, 1.54) is 0 Å². The summed E-state index contributed by atoms with van der Waals surface area (Å²) in [5.74, 6) is -0.222. The molecule has 0 bridgehead atoms. The first-order valence-corrected chi connectivity index (χ1v) is 4.23. The standard InChI is InChI=1S/C8H8ClNO4/c1-2-14-8-4-7(11)5(9)3-6(8)10(12)13/h3-4,11H,2H2,1H3. The van der Waals surface area contributed by atoms with Crippen molar-refractivity contribution in [2.45, 2.75) is 6.92 Å². The zero-order valence-corrected chi connectivity index (χ0v) is 8.11. The molecule has 0 aliphatic rings. The molecule has 0 spiro atoms. The molecular weight excluding hydrogens is 210 g/mol. The Hall–Kier alpha value is -1.49. The predicted molar refractivity (Wildman–Crippen MR) is 50.9 cm³/mol. The van der Waals surface area contributed by atoms with E-state index in [2.05, 4.69) is 0 Å². The monoisotopic (exact) mass is 217 g/mol. The maximum atomic E-state index is 10.5. The molecule has 76 valence electrons. The summed E-state index contributed by atoms with van der Waals surface area (Å²) in [5.41, 5.74) is -0.255.